The number of hydrogen-bond donors (Lipinski definition) is 0. The molecule has 4 bridgehead atoms. The van der Waals surface area contributed by atoms with Crippen LogP contribution < -0.4 is 0 Å². The topological polar surface area (TPSA) is 9.23 Å². The molecule has 0 spiro atoms. The lowest BCUT2D eigenvalue weighted by molar-refractivity contribution is -0.0948. The zero-order valence-electron chi connectivity index (χ0n) is 6.97. The van der Waals surface area contributed by atoms with E-state index in [0.29, 0.717) is 0 Å². The highest BCUT2D eigenvalue weighted by atomic mass is 16.5. The van der Waals surface area contributed by atoms with Crippen LogP contribution in [-0.4, -0.2) is 12.7 Å². The number of ether oxygens (including phenoxy) is 1. The Morgan fingerprint density at radius 1 is 1.45 bits per heavy atom. The van der Waals surface area contributed by atoms with E-state index >= 15 is 0 Å². The summed E-state index contributed by atoms with van der Waals surface area (Å²) >= 11 is 0. The minimum Gasteiger partial charge on any atom is -0.378 e. The predicted octanol–water partition coefficient (Wildman–Crippen LogP) is 2.13. The smallest absolute Gasteiger partial charge is 0.0724 e. The molecule has 1 heteroatoms. The van der Waals surface area contributed by atoms with E-state index in [2.05, 4.69) is 6.08 Å². The number of fused-ring (bicyclic) bond motifs is 1. The first kappa shape index (κ1) is 6.24. The highest BCUT2D eigenvalue weighted by Gasteiger charge is 2.53. The maximum atomic E-state index is 5.62. The molecule has 0 heterocycles. The van der Waals surface area contributed by atoms with Crippen molar-refractivity contribution in [1.29, 1.82) is 0 Å². The Kier molecular flexibility index (Phi) is 0.972. The van der Waals surface area contributed by atoms with Crippen LogP contribution >= 0.6 is 0 Å². The van der Waals surface area contributed by atoms with Gasteiger partial charge < -0.3 is 4.74 Å². The number of rotatable bonds is 1. The molecule has 5 aliphatic rings. The average molecular weight is 150 g/mol. The lowest BCUT2D eigenvalue weighted by Gasteiger charge is -2.57. The Morgan fingerprint density at radius 3 is 2.64 bits per heavy atom. The van der Waals surface area contributed by atoms with Gasteiger partial charge in [0.15, 0.2) is 0 Å². The van der Waals surface area contributed by atoms with Gasteiger partial charge in [0.2, 0.25) is 0 Å². The lowest BCUT2D eigenvalue weighted by atomic mass is 9.52. The van der Waals surface area contributed by atoms with Crippen molar-refractivity contribution in [1.82, 2.24) is 0 Å². The van der Waals surface area contributed by atoms with E-state index < -0.39 is 0 Å². The van der Waals surface area contributed by atoms with E-state index in [-0.39, 0.29) is 5.60 Å². The highest BCUT2D eigenvalue weighted by Crippen LogP contribution is 2.59. The van der Waals surface area contributed by atoms with Gasteiger partial charge in [-0.05, 0) is 37.5 Å². The summed E-state index contributed by atoms with van der Waals surface area (Å²) < 4.78 is 5.62. The first-order valence-corrected chi connectivity index (χ1v) is 4.58. The molecule has 60 valence electrons. The Morgan fingerprint density at radius 2 is 2.18 bits per heavy atom. The Balaban J connectivity index is 2.00. The summed E-state index contributed by atoms with van der Waals surface area (Å²) in [6, 6.07) is 0. The molecular weight excluding hydrogens is 136 g/mol. The van der Waals surface area contributed by atoms with Gasteiger partial charge >= 0.3 is 0 Å². The zero-order valence-corrected chi connectivity index (χ0v) is 6.97. The zero-order chi connectivity index (χ0) is 7.47. The van der Waals surface area contributed by atoms with Gasteiger partial charge in [-0.2, -0.15) is 0 Å². The highest BCUT2D eigenvalue weighted by molar-refractivity contribution is 5.31. The first-order valence-electron chi connectivity index (χ1n) is 4.58. The van der Waals surface area contributed by atoms with E-state index in [1.54, 1.807) is 5.57 Å². The van der Waals surface area contributed by atoms with Gasteiger partial charge in [0, 0.05) is 7.11 Å². The van der Waals surface area contributed by atoms with Crippen LogP contribution in [0.15, 0.2) is 11.6 Å². The van der Waals surface area contributed by atoms with Gasteiger partial charge in [-0.25, -0.2) is 0 Å². The summed E-state index contributed by atoms with van der Waals surface area (Å²) in [7, 11) is 1.88. The summed E-state index contributed by atoms with van der Waals surface area (Å²) in [6.07, 6.45) is 7.70. The van der Waals surface area contributed by atoms with Crippen molar-refractivity contribution in [2.24, 2.45) is 11.8 Å². The van der Waals surface area contributed by atoms with Crippen molar-refractivity contribution in [3.8, 4) is 0 Å². The second-order valence-corrected chi connectivity index (χ2v) is 4.33. The fourth-order valence-corrected chi connectivity index (χ4v) is 3.23. The summed E-state index contributed by atoms with van der Waals surface area (Å²) in [5, 5.41) is 0. The van der Waals surface area contributed by atoms with Gasteiger partial charge in [0.05, 0.1) is 5.60 Å². The quantitative estimate of drug-likeness (QED) is 0.520. The molecule has 3 fully saturated rings. The predicted molar refractivity (Wildman–Crippen MR) is 43.3 cm³/mol. The first-order chi connectivity index (χ1) is 5.33. The van der Waals surface area contributed by atoms with Gasteiger partial charge in [-0.3, -0.25) is 0 Å². The maximum Gasteiger partial charge on any atom is 0.0724 e. The summed E-state index contributed by atoms with van der Waals surface area (Å²) in [5.74, 6) is 1.84. The number of methoxy groups -OCH3 is 1. The van der Waals surface area contributed by atoms with E-state index in [0.717, 1.165) is 11.8 Å². The molecule has 0 aliphatic heterocycles. The molecule has 11 heavy (non-hydrogen) atoms. The second-order valence-electron chi connectivity index (χ2n) is 4.33. The van der Waals surface area contributed by atoms with Crippen LogP contribution in [0, 0.1) is 11.8 Å². The van der Waals surface area contributed by atoms with E-state index in [9.17, 15) is 0 Å². The van der Waals surface area contributed by atoms with Crippen LogP contribution in [0.4, 0.5) is 0 Å². The van der Waals surface area contributed by atoms with Crippen LogP contribution in [0.1, 0.15) is 25.7 Å². The second kappa shape index (κ2) is 1.71. The molecular formula is C10H14O. The van der Waals surface area contributed by atoms with Crippen molar-refractivity contribution in [2.75, 3.05) is 7.11 Å². The molecule has 0 N–H and O–H groups in total. The molecule has 3 saturated carbocycles. The van der Waals surface area contributed by atoms with Crippen molar-refractivity contribution in [2.45, 2.75) is 31.3 Å². The van der Waals surface area contributed by atoms with Crippen molar-refractivity contribution < 1.29 is 4.74 Å². The Labute approximate surface area is 67.4 Å². The largest absolute Gasteiger partial charge is 0.378 e. The minimum absolute atomic E-state index is 0.273. The summed E-state index contributed by atoms with van der Waals surface area (Å²) in [4.78, 5) is 0. The monoisotopic (exact) mass is 150 g/mol. The SMILES string of the molecule is COC12CC=C3C(CC3C1)C2. The van der Waals surface area contributed by atoms with Crippen molar-refractivity contribution in [3.05, 3.63) is 11.6 Å². The minimum atomic E-state index is 0.273. The lowest BCUT2D eigenvalue weighted by Crippen LogP contribution is -2.52. The van der Waals surface area contributed by atoms with Crippen LogP contribution in [0.3, 0.4) is 0 Å². The third-order valence-electron chi connectivity index (χ3n) is 3.89. The maximum absolute atomic E-state index is 5.62. The Bertz CT molecular complexity index is 215. The van der Waals surface area contributed by atoms with Gasteiger partial charge in [0.1, 0.15) is 0 Å². The molecule has 0 radical (unpaired) electrons. The third-order valence-corrected chi connectivity index (χ3v) is 3.89. The number of hydrogen-bond acceptors (Lipinski definition) is 1. The number of allylic oxidation sites excluding steroid dienone is 1. The third kappa shape index (κ3) is 0.610. The molecule has 5 aliphatic carbocycles. The Hall–Kier alpha value is -0.300. The fourth-order valence-electron chi connectivity index (χ4n) is 3.23. The van der Waals surface area contributed by atoms with Gasteiger partial charge in [0.25, 0.3) is 0 Å². The van der Waals surface area contributed by atoms with E-state index in [1.807, 2.05) is 7.11 Å². The standard InChI is InChI=1S/C10H14O/c1-11-10-3-2-9-7(5-10)4-8(9)6-10/h2,7-8H,3-6H2,1H3. The molecule has 2 atom stereocenters. The fraction of sp³-hybridized carbons (Fsp3) is 0.800. The summed E-state index contributed by atoms with van der Waals surface area (Å²) in [6.45, 7) is 0. The molecule has 0 saturated heterocycles. The molecule has 0 aromatic carbocycles. The average Bonchev–Trinajstić information content (AvgIpc) is 2.05. The van der Waals surface area contributed by atoms with Crippen LogP contribution in [0.5, 0.6) is 0 Å². The van der Waals surface area contributed by atoms with Gasteiger partial charge in [-0.1, -0.05) is 11.6 Å². The normalized spacial score (nSPS) is 51.9. The van der Waals surface area contributed by atoms with Crippen LogP contribution in [0.2, 0.25) is 0 Å². The van der Waals surface area contributed by atoms with E-state index in [1.165, 1.54) is 25.7 Å². The van der Waals surface area contributed by atoms with E-state index in [4.69, 9.17) is 4.74 Å². The molecule has 5 rings (SSSR count). The molecule has 0 aromatic heterocycles. The van der Waals surface area contributed by atoms with Gasteiger partial charge in [-0.15, -0.1) is 0 Å². The van der Waals surface area contributed by atoms with Crippen LogP contribution in [-0.2, 0) is 4.74 Å². The molecule has 1 nitrogen and oxygen atoms in total. The molecule has 2 unspecified atom stereocenters. The van der Waals surface area contributed by atoms with Crippen LogP contribution in [0.25, 0.3) is 0 Å². The van der Waals surface area contributed by atoms with Crippen molar-refractivity contribution >= 4 is 0 Å². The van der Waals surface area contributed by atoms with Crippen molar-refractivity contribution in [3.63, 3.8) is 0 Å². The molecule has 0 amide bonds. The summed E-state index contributed by atoms with van der Waals surface area (Å²) in [5.41, 5.74) is 2.04. The molecule has 0 aromatic rings.